The fraction of sp³-hybridized carbons (Fsp3) is 0.400. The van der Waals surface area contributed by atoms with Crippen LogP contribution in [0.5, 0.6) is 0 Å². The maximum absolute atomic E-state index is 13.5. The van der Waals surface area contributed by atoms with Gasteiger partial charge in [0.2, 0.25) is 0 Å². The summed E-state index contributed by atoms with van der Waals surface area (Å²) in [7, 11) is 2.36. The van der Waals surface area contributed by atoms with Crippen molar-refractivity contribution in [2.75, 3.05) is 20.8 Å². The number of carbonyl (C=O) groups is 3. The van der Waals surface area contributed by atoms with Gasteiger partial charge in [-0.05, 0) is 24.3 Å². The van der Waals surface area contributed by atoms with Crippen LogP contribution in [-0.4, -0.2) is 115 Å². The minimum absolute atomic E-state index is 0.143. The molecule has 6 rings (SSSR count). The summed E-state index contributed by atoms with van der Waals surface area (Å²) in [5.74, 6) is -4.82. The van der Waals surface area contributed by atoms with Crippen molar-refractivity contribution >= 4 is 17.9 Å². The molecule has 0 aromatic heterocycles. The van der Waals surface area contributed by atoms with E-state index in [4.69, 9.17) is 42.6 Å². The lowest BCUT2D eigenvalue weighted by Gasteiger charge is -2.40. The number of benzene rings is 3. The molecule has 3 aromatic rings. The second-order valence-corrected chi connectivity index (χ2v) is 11.6. The average molecular weight is 697 g/mol. The summed E-state index contributed by atoms with van der Waals surface area (Å²) in [6.07, 6.45) is -15.1. The van der Waals surface area contributed by atoms with Gasteiger partial charge in [0.05, 0.1) is 24.8 Å². The number of aliphatic hydroxyl groups excluding tert-OH is 3. The Morgan fingerprint density at radius 1 is 0.700 bits per heavy atom. The zero-order chi connectivity index (χ0) is 35.4. The summed E-state index contributed by atoms with van der Waals surface area (Å²) in [5.41, 5.74) is 0.567. The van der Waals surface area contributed by atoms with E-state index in [9.17, 15) is 29.7 Å². The number of methoxy groups -OCH3 is 2. The van der Waals surface area contributed by atoms with E-state index in [2.05, 4.69) is 0 Å². The highest BCUT2D eigenvalue weighted by Crippen LogP contribution is 2.45. The van der Waals surface area contributed by atoms with Crippen LogP contribution in [0.1, 0.15) is 26.3 Å². The maximum Gasteiger partial charge on any atom is 0.339 e. The van der Waals surface area contributed by atoms with Gasteiger partial charge < -0.3 is 53.2 Å². The molecule has 3 aliphatic rings. The van der Waals surface area contributed by atoms with E-state index in [1.54, 1.807) is 66.7 Å². The van der Waals surface area contributed by atoms with Gasteiger partial charge in [-0.2, -0.15) is 0 Å². The summed E-state index contributed by atoms with van der Waals surface area (Å²) in [5, 5.41) is 31.4. The second kappa shape index (κ2) is 15.3. The van der Waals surface area contributed by atoms with Gasteiger partial charge in [0.25, 0.3) is 0 Å². The topological polar surface area (TPSA) is 195 Å². The first kappa shape index (κ1) is 35.5. The van der Waals surface area contributed by atoms with Crippen molar-refractivity contribution in [3.63, 3.8) is 0 Å². The third kappa shape index (κ3) is 7.14. The Balaban J connectivity index is 1.36. The number of fused-ring (bicyclic) bond motifs is 1. The second-order valence-electron chi connectivity index (χ2n) is 11.6. The van der Waals surface area contributed by atoms with Gasteiger partial charge in [-0.15, -0.1) is 0 Å². The van der Waals surface area contributed by atoms with Crippen molar-refractivity contribution in [2.45, 2.75) is 67.4 Å². The standard InChI is InChI=1S/C35H36O15/c1-42-32(41)28-26(46-30(39)19-12-6-3-7-13-19)27(47-31(40)20-14-8-4-9-15-20)29-34(48-28)50-35(49-29,21-16-10-5-11-17-21)44-18-22-23(36)24(37)25(38)33(43-2)45-22/h3-17,22-29,33-34,36-38H,18H2,1-2H3/t22-,23+,24+,25-,26+,27+,28+,29-,33-,34-,35?/m1/s1. The lowest BCUT2D eigenvalue weighted by molar-refractivity contribution is -0.382. The van der Waals surface area contributed by atoms with Crippen molar-refractivity contribution in [1.82, 2.24) is 0 Å². The van der Waals surface area contributed by atoms with Crippen LogP contribution < -0.4 is 0 Å². The number of rotatable bonds is 10. The number of aliphatic hydroxyl groups is 3. The van der Waals surface area contributed by atoms with Gasteiger partial charge in [-0.3, -0.25) is 4.74 Å². The van der Waals surface area contributed by atoms with Crippen LogP contribution in [0.2, 0.25) is 0 Å². The molecule has 15 heteroatoms. The molecule has 0 saturated carbocycles. The van der Waals surface area contributed by atoms with Crippen LogP contribution in [0.25, 0.3) is 0 Å². The van der Waals surface area contributed by atoms with Crippen LogP contribution in [0, 0.1) is 0 Å². The minimum Gasteiger partial charge on any atom is -0.467 e. The minimum atomic E-state index is -2.17. The molecule has 3 N–H and O–H groups in total. The molecule has 3 fully saturated rings. The summed E-state index contributed by atoms with van der Waals surface area (Å²) >= 11 is 0. The first-order valence-corrected chi connectivity index (χ1v) is 15.7. The van der Waals surface area contributed by atoms with Crippen LogP contribution in [0.3, 0.4) is 0 Å². The predicted octanol–water partition coefficient (Wildman–Crippen LogP) is 1.03. The molecule has 0 spiro atoms. The van der Waals surface area contributed by atoms with Crippen molar-refractivity contribution in [2.24, 2.45) is 0 Å². The lowest BCUT2D eigenvalue weighted by atomic mass is 9.98. The molecule has 50 heavy (non-hydrogen) atoms. The Morgan fingerprint density at radius 2 is 1.26 bits per heavy atom. The number of ether oxygens (including phenoxy) is 9. The smallest absolute Gasteiger partial charge is 0.339 e. The third-order valence-electron chi connectivity index (χ3n) is 8.46. The molecule has 0 bridgehead atoms. The van der Waals surface area contributed by atoms with Crippen molar-refractivity contribution in [1.29, 1.82) is 0 Å². The quantitative estimate of drug-likeness (QED) is 0.201. The Labute approximate surface area is 286 Å². The fourth-order valence-electron chi connectivity index (χ4n) is 5.86. The molecule has 3 aliphatic heterocycles. The summed E-state index contributed by atoms with van der Waals surface area (Å²) in [4.78, 5) is 40.1. The van der Waals surface area contributed by atoms with Crippen LogP contribution in [-0.2, 0) is 53.4 Å². The molecule has 0 amide bonds. The molecule has 266 valence electrons. The van der Waals surface area contributed by atoms with Crippen LogP contribution in [0.4, 0.5) is 0 Å². The van der Waals surface area contributed by atoms with E-state index in [1.807, 2.05) is 0 Å². The number of carbonyl (C=O) groups excluding carboxylic acids is 3. The Bertz CT molecular complexity index is 1610. The average Bonchev–Trinajstić information content (AvgIpc) is 3.54. The van der Waals surface area contributed by atoms with Gasteiger partial charge in [0.15, 0.2) is 37.0 Å². The zero-order valence-electron chi connectivity index (χ0n) is 26.9. The Kier molecular flexibility index (Phi) is 10.9. The van der Waals surface area contributed by atoms with E-state index >= 15 is 0 Å². The highest BCUT2D eigenvalue weighted by molar-refractivity contribution is 5.91. The normalized spacial score (nSPS) is 33.5. The highest BCUT2D eigenvalue weighted by Gasteiger charge is 2.63. The molecule has 11 atom stereocenters. The molecule has 3 saturated heterocycles. The Hall–Kier alpha value is -4.29. The number of hydrogen-bond donors (Lipinski definition) is 3. The van der Waals surface area contributed by atoms with Gasteiger partial charge in [0.1, 0.15) is 24.4 Å². The number of hydrogen-bond acceptors (Lipinski definition) is 15. The van der Waals surface area contributed by atoms with Gasteiger partial charge in [-0.1, -0.05) is 66.7 Å². The predicted molar refractivity (Wildman–Crippen MR) is 166 cm³/mol. The fourth-order valence-corrected chi connectivity index (χ4v) is 5.86. The van der Waals surface area contributed by atoms with E-state index in [1.165, 1.54) is 31.4 Å². The first-order valence-electron chi connectivity index (χ1n) is 15.7. The summed E-state index contributed by atoms with van der Waals surface area (Å²) in [6, 6.07) is 24.2. The summed E-state index contributed by atoms with van der Waals surface area (Å²) in [6.45, 7) is -0.500. The number of esters is 3. The van der Waals surface area contributed by atoms with Crippen LogP contribution in [0.15, 0.2) is 91.0 Å². The van der Waals surface area contributed by atoms with Gasteiger partial charge in [-0.25, -0.2) is 14.4 Å². The SMILES string of the molecule is COC(=O)[C@H]1O[C@@H]2OC(OC[C@H]3O[C@@H](OC)[C@H](O)[C@@H](O)[C@H]3O)(c3ccccc3)O[C@@H]2[C@@H](OC(=O)c2ccccc2)[C@@H]1OC(=O)c1ccccc1. The van der Waals surface area contributed by atoms with Gasteiger partial charge in [0, 0.05) is 12.7 Å². The molecule has 1 unspecified atom stereocenters. The van der Waals surface area contributed by atoms with Gasteiger partial charge >= 0.3 is 23.9 Å². The monoisotopic (exact) mass is 696 g/mol. The van der Waals surface area contributed by atoms with Crippen molar-refractivity contribution in [3.05, 3.63) is 108 Å². The largest absolute Gasteiger partial charge is 0.467 e. The lowest BCUT2D eigenvalue weighted by Crippen LogP contribution is -2.61. The zero-order valence-corrected chi connectivity index (χ0v) is 26.9. The van der Waals surface area contributed by atoms with E-state index in [-0.39, 0.29) is 16.7 Å². The molecular weight excluding hydrogens is 660 g/mol. The molecule has 0 radical (unpaired) electrons. The van der Waals surface area contributed by atoms with E-state index in [0.717, 1.165) is 7.11 Å². The molecule has 3 aromatic carbocycles. The Morgan fingerprint density at radius 3 is 1.82 bits per heavy atom. The van der Waals surface area contributed by atoms with Crippen molar-refractivity contribution < 1.29 is 72.3 Å². The molecular formula is C35H36O15. The van der Waals surface area contributed by atoms with E-state index < -0.39 is 91.9 Å². The first-order chi connectivity index (χ1) is 24.2. The molecule has 15 nitrogen and oxygen atoms in total. The molecule has 3 heterocycles. The van der Waals surface area contributed by atoms with Crippen molar-refractivity contribution in [3.8, 4) is 0 Å². The third-order valence-corrected chi connectivity index (χ3v) is 8.46. The van der Waals surface area contributed by atoms with E-state index in [0.29, 0.717) is 0 Å². The van der Waals surface area contributed by atoms with Crippen LogP contribution >= 0.6 is 0 Å². The summed E-state index contributed by atoms with van der Waals surface area (Å²) < 4.78 is 52.4. The maximum atomic E-state index is 13.5. The molecule has 0 aliphatic carbocycles. The highest BCUT2D eigenvalue weighted by atomic mass is 16.9.